The van der Waals surface area contributed by atoms with Gasteiger partial charge in [-0.25, -0.2) is 9.83 Å². The van der Waals surface area contributed by atoms with Gasteiger partial charge in [0.1, 0.15) is 11.9 Å². The second kappa shape index (κ2) is 15.3. The van der Waals surface area contributed by atoms with Crippen molar-refractivity contribution in [3.05, 3.63) is 110 Å². The van der Waals surface area contributed by atoms with E-state index < -0.39 is 0 Å². The van der Waals surface area contributed by atoms with E-state index in [1.54, 1.807) is 7.11 Å². The first-order valence-electron chi connectivity index (χ1n) is 17.5. The van der Waals surface area contributed by atoms with E-state index in [1.807, 2.05) is 61.5 Å². The summed E-state index contributed by atoms with van der Waals surface area (Å²) in [6.07, 6.45) is 5.33. The minimum absolute atomic E-state index is 0.103. The van der Waals surface area contributed by atoms with E-state index in [0.29, 0.717) is 53.8 Å². The Morgan fingerprint density at radius 3 is 2.50 bits per heavy atom. The first-order valence-corrected chi connectivity index (χ1v) is 17.9. The average Bonchev–Trinajstić information content (AvgIpc) is 3.88. The number of carbonyl (C=O) groups is 1. The molecule has 0 bridgehead atoms. The quantitative estimate of drug-likeness (QED) is 0.0827. The Hall–Kier alpha value is -4.98. The zero-order valence-corrected chi connectivity index (χ0v) is 30.3. The second-order valence-electron chi connectivity index (χ2n) is 13.7. The van der Waals surface area contributed by atoms with E-state index in [1.165, 1.54) is 0 Å². The fourth-order valence-corrected chi connectivity index (χ4v) is 7.72. The van der Waals surface area contributed by atoms with E-state index in [0.717, 1.165) is 88.3 Å². The van der Waals surface area contributed by atoms with Crippen molar-refractivity contribution >= 4 is 47.0 Å². The van der Waals surface area contributed by atoms with Crippen LogP contribution in [0.25, 0.3) is 50.7 Å². The lowest BCUT2D eigenvalue weighted by molar-refractivity contribution is -0.132. The molecule has 0 amide bonds. The Kier molecular flexibility index (Phi) is 10.4. The normalized spacial score (nSPS) is 18.0. The molecule has 9 nitrogen and oxygen atoms in total. The molecular formula is C42H41ClN4O5. The predicted octanol–water partition coefficient (Wildman–Crippen LogP) is 8.48. The fraction of sp³-hybridized carbons (Fsp3) is 0.310. The minimum Gasteiger partial charge on any atom is -0.496 e. The van der Waals surface area contributed by atoms with E-state index in [2.05, 4.69) is 39.8 Å². The number of oxazole rings is 1. The van der Waals surface area contributed by atoms with Crippen LogP contribution in [0, 0.1) is 20.4 Å². The van der Waals surface area contributed by atoms with Crippen molar-refractivity contribution < 1.29 is 23.8 Å². The molecule has 7 rings (SSSR count). The summed E-state index contributed by atoms with van der Waals surface area (Å²) in [6.45, 7) is 16.9. The zero-order chi connectivity index (χ0) is 36.4. The maximum Gasteiger partial charge on any atom is 0.293 e. The summed E-state index contributed by atoms with van der Waals surface area (Å²) in [6, 6.07) is 20.1. The van der Waals surface area contributed by atoms with Crippen molar-refractivity contribution in [1.29, 1.82) is 0 Å². The van der Waals surface area contributed by atoms with Crippen LogP contribution in [-0.2, 0) is 22.6 Å². The van der Waals surface area contributed by atoms with Crippen LogP contribution < -0.4 is 4.74 Å². The summed E-state index contributed by atoms with van der Waals surface area (Å²) in [7, 11) is 1.69. The highest BCUT2D eigenvalue weighted by atomic mass is 35.5. The van der Waals surface area contributed by atoms with E-state index in [9.17, 15) is 9.90 Å². The molecule has 2 aliphatic heterocycles. The Morgan fingerprint density at radius 2 is 1.73 bits per heavy atom. The number of aliphatic hydroxyl groups excluding tert-OH is 1. The van der Waals surface area contributed by atoms with Crippen molar-refractivity contribution in [2.24, 2.45) is 0 Å². The zero-order valence-electron chi connectivity index (χ0n) is 29.6. The molecule has 0 saturated carbocycles. The molecule has 0 aliphatic carbocycles. The molecule has 10 heteroatoms. The number of nitrogens with zero attached hydrogens (tertiary/aromatic N) is 4. The van der Waals surface area contributed by atoms with E-state index >= 15 is 0 Å². The van der Waals surface area contributed by atoms with Gasteiger partial charge in [-0.2, -0.15) is 0 Å². The van der Waals surface area contributed by atoms with Gasteiger partial charge >= 0.3 is 0 Å². The van der Waals surface area contributed by atoms with Gasteiger partial charge in [0.05, 0.1) is 30.3 Å². The van der Waals surface area contributed by atoms with Crippen LogP contribution >= 0.6 is 11.6 Å². The molecule has 2 fully saturated rings. The van der Waals surface area contributed by atoms with Crippen LogP contribution in [-0.4, -0.2) is 71.9 Å². The monoisotopic (exact) mass is 716 g/mol. The number of benzene rings is 4. The fourth-order valence-electron chi connectivity index (χ4n) is 7.43. The molecule has 2 aliphatic rings. The summed E-state index contributed by atoms with van der Waals surface area (Å²) in [4.78, 5) is 23.9. The van der Waals surface area contributed by atoms with Gasteiger partial charge in [-0.05, 0) is 84.3 Å². The number of hydrogen-bond acceptors (Lipinski definition) is 8. The lowest BCUT2D eigenvalue weighted by Gasteiger charge is -2.18. The lowest BCUT2D eigenvalue weighted by atomic mass is 9.94. The number of halogens is 1. The molecule has 3 heterocycles. The van der Waals surface area contributed by atoms with Crippen molar-refractivity contribution in [2.75, 3.05) is 33.3 Å². The molecular weight excluding hydrogens is 676 g/mol. The number of ether oxygens (including phenoxy) is 2. The highest BCUT2D eigenvalue weighted by Crippen LogP contribution is 2.39. The number of hydrogen-bond donors (Lipinski definition) is 1. The molecule has 52 heavy (non-hydrogen) atoms. The number of carbonyl (C=O) groups excluding carboxylic acids is 1. The topological polar surface area (TPSA) is 92.6 Å². The third-order valence-electron chi connectivity index (χ3n) is 10.2. The van der Waals surface area contributed by atoms with Crippen molar-refractivity contribution in [1.82, 2.24) is 14.8 Å². The smallest absolute Gasteiger partial charge is 0.293 e. The summed E-state index contributed by atoms with van der Waals surface area (Å²) in [5.74, 6) is 1.27. The predicted molar refractivity (Wildman–Crippen MR) is 204 cm³/mol. The van der Waals surface area contributed by atoms with Gasteiger partial charge in [-0.3, -0.25) is 14.6 Å². The van der Waals surface area contributed by atoms with Crippen LogP contribution in [0.2, 0.25) is 5.02 Å². The number of likely N-dealkylation sites (tertiary alicyclic amines) is 2. The molecule has 5 aromatic rings. The van der Waals surface area contributed by atoms with E-state index in [-0.39, 0.29) is 12.2 Å². The Morgan fingerprint density at radius 1 is 0.981 bits per heavy atom. The Labute approximate surface area is 308 Å². The molecule has 4 aromatic carbocycles. The van der Waals surface area contributed by atoms with Crippen molar-refractivity contribution in [3.63, 3.8) is 0 Å². The summed E-state index contributed by atoms with van der Waals surface area (Å²) < 4.78 is 17.2. The largest absolute Gasteiger partial charge is 0.496 e. The molecule has 2 saturated heterocycles. The number of β-amino-alcohol motifs (C(OH)–C–C–N with tert-alkyl or cyclic N) is 1. The SMILES string of the molecule is [C-]#[N+]c1cc(CN2CC[C@@H](OC=O)C2)cc2nc(-c3cccc(-c4cccc(/C=C/c5cc(OC)c(CN6CC[C@@H](O)C6)cc5C)c4Cl)c3C)oc12. The Balaban J connectivity index is 1.15. The first-order chi connectivity index (χ1) is 25.2. The second-order valence-corrected chi connectivity index (χ2v) is 14.1. The first kappa shape index (κ1) is 35.4. The van der Waals surface area contributed by atoms with E-state index in [4.69, 9.17) is 37.0 Å². The Bertz CT molecular complexity index is 2210. The van der Waals surface area contributed by atoms with Crippen LogP contribution in [0.3, 0.4) is 0 Å². The number of aryl methyl sites for hydroxylation is 1. The lowest BCUT2D eigenvalue weighted by Crippen LogP contribution is -2.22. The summed E-state index contributed by atoms with van der Waals surface area (Å²) in [5, 5.41) is 10.6. The van der Waals surface area contributed by atoms with Gasteiger partial charge in [0.15, 0.2) is 5.58 Å². The van der Waals surface area contributed by atoms with Crippen LogP contribution in [0.15, 0.2) is 65.1 Å². The van der Waals surface area contributed by atoms with Gasteiger partial charge in [0.25, 0.3) is 6.47 Å². The maximum absolute atomic E-state index is 10.8. The average molecular weight is 717 g/mol. The third kappa shape index (κ3) is 7.34. The van der Waals surface area contributed by atoms with Crippen LogP contribution in [0.4, 0.5) is 5.69 Å². The minimum atomic E-state index is -0.262. The number of aromatic nitrogens is 1. The number of rotatable bonds is 11. The summed E-state index contributed by atoms with van der Waals surface area (Å²) >= 11 is 7.12. The van der Waals surface area contributed by atoms with Crippen LogP contribution in [0.1, 0.15) is 46.2 Å². The molecule has 266 valence electrons. The third-order valence-corrected chi connectivity index (χ3v) is 10.6. The van der Waals surface area contributed by atoms with Gasteiger partial charge < -0.3 is 19.0 Å². The van der Waals surface area contributed by atoms with Gasteiger partial charge in [0, 0.05) is 56.0 Å². The number of methoxy groups -OCH3 is 1. The molecule has 1 N–H and O–H groups in total. The summed E-state index contributed by atoms with van der Waals surface area (Å²) in [5.41, 5.74) is 10.2. The number of fused-ring (bicyclic) bond motifs is 1. The standard InChI is InChI=1S/C42H41ClN4O5/c1-26-17-31(22-47-15-13-32(49)23-47)39(50-4)20-30(26)12-11-29-7-5-10-36(40(29)43)34-8-6-9-35(27(34)2)42-45-38-19-28(18-37(44-3)41(38)52-42)21-46-16-14-33(24-46)51-25-48/h5-12,17-20,25,32-33,49H,13-16,21-24H2,1-2,4H3/b12-11+/t32-,33-/m1/s1. The van der Waals surface area contributed by atoms with Gasteiger partial charge in [-0.1, -0.05) is 60.2 Å². The molecule has 0 unspecified atom stereocenters. The molecule has 1 aromatic heterocycles. The highest BCUT2D eigenvalue weighted by Gasteiger charge is 2.25. The highest BCUT2D eigenvalue weighted by molar-refractivity contribution is 6.35. The van der Waals surface area contributed by atoms with Crippen LogP contribution in [0.5, 0.6) is 5.75 Å². The molecule has 2 atom stereocenters. The van der Waals surface area contributed by atoms with Gasteiger partial charge in [-0.15, -0.1) is 0 Å². The van der Waals surface area contributed by atoms with Crippen molar-refractivity contribution in [2.45, 2.75) is 52.0 Å². The number of aliphatic hydroxyl groups is 1. The van der Waals surface area contributed by atoms with Crippen molar-refractivity contribution in [3.8, 4) is 28.3 Å². The molecule has 0 spiro atoms. The van der Waals surface area contributed by atoms with Gasteiger partial charge in [0.2, 0.25) is 11.6 Å². The maximum atomic E-state index is 10.8. The molecule has 0 radical (unpaired) electrons.